The van der Waals surface area contributed by atoms with E-state index < -0.39 is 9.84 Å². The van der Waals surface area contributed by atoms with E-state index in [1.807, 2.05) is 11.9 Å². The van der Waals surface area contributed by atoms with Crippen molar-refractivity contribution in [2.75, 3.05) is 12.8 Å². The average Bonchev–Trinajstić information content (AvgIpc) is 2.54. The first-order valence-electron chi connectivity index (χ1n) is 7.96. The molecule has 0 bridgehead atoms. The standard InChI is InChI=1S/C17H25NO3S/c1-4-22(20,21)15-11-9-14(10-12-15)17(19)18(3)16-8-6-5-7-13(16)2/h9-13,16H,4-8H2,1-3H3. The number of rotatable bonds is 4. The van der Waals surface area contributed by atoms with Gasteiger partial charge in [-0.2, -0.15) is 0 Å². The molecule has 4 nitrogen and oxygen atoms in total. The fourth-order valence-corrected chi connectivity index (χ4v) is 4.08. The highest BCUT2D eigenvalue weighted by Gasteiger charge is 2.28. The van der Waals surface area contributed by atoms with Crippen molar-refractivity contribution in [3.8, 4) is 0 Å². The van der Waals surface area contributed by atoms with Crippen molar-refractivity contribution < 1.29 is 13.2 Å². The third-order valence-electron chi connectivity index (χ3n) is 4.72. The molecular weight excluding hydrogens is 298 g/mol. The van der Waals surface area contributed by atoms with Crippen LogP contribution < -0.4 is 0 Å². The van der Waals surface area contributed by atoms with E-state index in [1.165, 1.54) is 25.0 Å². The number of nitrogens with zero attached hydrogens (tertiary/aromatic N) is 1. The van der Waals surface area contributed by atoms with Crippen LogP contribution in [0.15, 0.2) is 29.2 Å². The molecule has 2 atom stereocenters. The molecule has 0 aromatic heterocycles. The lowest BCUT2D eigenvalue weighted by Crippen LogP contribution is -2.42. The molecular formula is C17H25NO3S. The predicted molar refractivity (Wildman–Crippen MR) is 87.7 cm³/mol. The van der Waals surface area contributed by atoms with E-state index in [1.54, 1.807) is 19.1 Å². The van der Waals surface area contributed by atoms with Crippen LogP contribution in [0.4, 0.5) is 0 Å². The highest BCUT2D eigenvalue weighted by molar-refractivity contribution is 7.91. The molecule has 2 unspecified atom stereocenters. The lowest BCUT2D eigenvalue weighted by molar-refractivity contribution is 0.0629. The van der Waals surface area contributed by atoms with Crippen molar-refractivity contribution in [1.82, 2.24) is 4.90 Å². The molecule has 1 fully saturated rings. The molecule has 122 valence electrons. The molecule has 2 rings (SSSR count). The van der Waals surface area contributed by atoms with E-state index >= 15 is 0 Å². The van der Waals surface area contributed by atoms with Gasteiger partial charge in [0.2, 0.25) is 0 Å². The number of carbonyl (C=O) groups is 1. The van der Waals surface area contributed by atoms with Gasteiger partial charge in [-0.15, -0.1) is 0 Å². The summed E-state index contributed by atoms with van der Waals surface area (Å²) in [4.78, 5) is 14.7. The second-order valence-corrected chi connectivity index (χ2v) is 8.45. The van der Waals surface area contributed by atoms with Crippen molar-refractivity contribution in [3.63, 3.8) is 0 Å². The van der Waals surface area contributed by atoms with Crippen molar-refractivity contribution in [3.05, 3.63) is 29.8 Å². The molecule has 1 aliphatic rings. The Balaban J connectivity index is 2.15. The Morgan fingerprint density at radius 1 is 1.18 bits per heavy atom. The van der Waals surface area contributed by atoms with Crippen LogP contribution in [0.5, 0.6) is 0 Å². The number of carbonyl (C=O) groups excluding carboxylic acids is 1. The molecule has 1 aromatic carbocycles. The van der Waals surface area contributed by atoms with Gasteiger partial charge >= 0.3 is 0 Å². The molecule has 5 heteroatoms. The monoisotopic (exact) mass is 323 g/mol. The van der Waals surface area contributed by atoms with Crippen molar-refractivity contribution >= 4 is 15.7 Å². The Kier molecular flexibility index (Phi) is 5.27. The van der Waals surface area contributed by atoms with Gasteiger partial charge in [0, 0.05) is 18.7 Å². The zero-order valence-corrected chi connectivity index (χ0v) is 14.4. The van der Waals surface area contributed by atoms with Crippen LogP contribution in [0.1, 0.15) is 49.9 Å². The number of sulfone groups is 1. The minimum atomic E-state index is -3.22. The quantitative estimate of drug-likeness (QED) is 0.855. The Bertz CT molecular complexity index is 622. The van der Waals surface area contributed by atoms with Gasteiger partial charge in [-0.05, 0) is 43.0 Å². The fraction of sp³-hybridized carbons (Fsp3) is 0.588. The number of benzene rings is 1. The summed E-state index contributed by atoms with van der Waals surface area (Å²) in [6.45, 7) is 3.82. The summed E-state index contributed by atoms with van der Waals surface area (Å²) in [5.74, 6) is 0.557. The summed E-state index contributed by atoms with van der Waals surface area (Å²) < 4.78 is 23.6. The maximum absolute atomic E-state index is 12.6. The van der Waals surface area contributed by atoms with Crippen LogP contribution >= 0.6 is 0 Å². The molecule has 0 radical (unpaired) electrons. The topological polar surface area (TPSA) is 54.5 Å². The van der Waals surface area contributed by atoms with Crippen LogP contribution in [-0.2, 0) is 9.84 Å². The van der Waals surface area contributed by atoms with E-state index in [4.69, 9.17) is 0 Å². The normalized spacial score (nSPS) is 22.3. The Hall–Kier alpha value is -1.36. The molecule has 1 saturated carbocycles. The van der Waals surface area contributed by atoms with Crippen LogP contribution in [0.25, 0.3) is 0 Å². The molecule has 0 saturated heterocycles. The Morgan fingerprint density at radius 2 is 1.77 bits per heavy atom. The third-order valence-corrected chi connectivity index (χ3v) is 6.47. The summed E-state index contributed by atoms with van der Waals surface area (Å²) in [5, 5.41) is 0. The first-order valence-corrected chi connectivity index (χ1v) is 9.62. The van der Waals surface area contributed by atoms with Crippen molar-refractivity contribution in [2.24, 2.45) is 5.92 Å². The van der Waals surface area contributed by atoms with E-state index in [0.29, 0.717) is 11.5 Å². The lowest BCUT2D eigenvalue weighted by Gasteiger charge is -2.36. The van der Waals surface area contributed by atoms with Gasteiger partial charge in [-0.25, -0.2) is 8.42 Å². The highest BCUT2D eigenvalue weighted by Crippen LogP contribution is 2.28. The average molecular weight is 323 g/mol. The van der Waals surface area contributed by atoms with Gasteiger partial charge < -0.3 is 4.90 Å². The van der Waals surface area contributed by atoms with Gasteiger partial charge in [0.25, 0.3) is 5.91 Å². The predicted octanol–water partition coefficient (Wildman–Crippen LogP) is 3.13. The maximum atomic E-state index is 12.6. The zero-order valence-electron chi connectivity index (χ0n) is 13.6. The molecule has 0 heterocycles. The van der Waals surface area contributed by atoms with Crippen molar-refractivity contribution in [1.29, 1.82) is 0 Å². The SMILES string of the molecule is CCS(=O)(=O)c1ccc(C(=O)N(C)C2CCCCC2C)cc1. The molecule has 1 amide bonds. The summed E-state index contributed by atoms with van der Waals surface area (Å²) in [6.07, 6.45) is 4.62. The van der Waals surface area contributed by atoms with Crippen molar-refractivity contribution in [2.45, 2.75) is 50.5 Å². The number of hydrogen-bond donors (Lipinski definition) is 0. The van der Waals surface area contributed by atoms with Gasteiger partial charge in [0.05, 0.1) is 10.6 Å². The number of hydrogen-bond acceptors (Lipinski definition) is 3. The summed E-state index contributed by atoms with van der Waals surface area (Å²) in [6, 6.07) is 6.58. The minimum absolute atomic E-state index is 0.0285. The van der Waals surface area contributed by atoms with Crippen LogP contribution in [0, 0.1) is 5.92 Å². The second-order valence-electron chi connectivity index (χ2n) is 6.17. The zero-order chi connectivity index (χ0) is 16.3. The largest absolute Gasteiger partial charge is 0.338 e. The van der Waals surface area contributed by atoms with Crippen LogP contribution in [0.3, 0.4) is 0 Å². The summed E-state index contributed by atoms with van der Waals surface area (Å²) in [5.41, 5.74) is 0.551. The first kappa shape index (κ1) is 17.0. The van der Waals surface area contributed by atoms with Crippen LogP contribution in [0.2, 0.25) is 0 Å². The fourth-order valence-electron chi connectivity index (χ4n) is 3.20. The molecule has 0 aliphatic heterocycles. The van der Waals surface area contributed by atoms with Crippen LogP contribution in [-0.4, -0.2) is 38.1 Å². The first-order chi connectivity index (χ1) is 10.4. The third kappa shape index (κ3) is 3.51. The molecule has 22 heavy (non-hydrogen) atoms. The van der Waals surface area contributed by atoms with Gasteiger partial charge in [-0.1, -0.05) is 26.7 Å². The second kappa shape index (κ2) is 6.82. The molecule has 0 spiro atoms. The minimum Gasteiger partial charge on any atom is -0.338 e. The van der Waals surface area contributed by atoms with E-state index in [9.17, 15) is 13.2 Å². The highest BCUT2D eigenvalue weighted by atomic mass is 32.2. The maximum Gasteiger partial charge on any atom is 0.253 e. The Labute approximate surface area is 133 Å². The summed E-state index contributed by atoms with van der Waals surface area (Å²) >= 11 is 0. The van der Waals surface area contributed by atoms with E-state index in [2.05, 4.69) is 6.92 Å². The smallest absolute Gasteiger partial charge is 0.253 e. The lowest BCUT2D eigenvalue weighted by atomic mass is 9.85. The number of amides is 1. The molecule has 0 N–H and O–H groups in total. The molecule has 1 aliphatic carbocycles. The van der Waals surface area contributed by atoms with Gasteiger partial charge in [0.15, 0.2) is 9.84 Å². The summed E-state index contributed by atoms with van der Waals surface area (Å²) in [7, 11) is -1.36. The van der Waals surface area contributed by atoms with Gasteiger partial charge in [-0.3, -0.25) is 4.79 Å². The van der Waals surface area contributed by atoms with Gasteiger partial charge in [0.1, 0.15) is 0 Å². The Morgan fingerprint density at radius 3 is 2.32 bits per heavy atom. The van der Waals surface area contributed by atoms with E-state index in [-0.39, 0.29) is 22.6 Å². The molecule has 1 aromatic rings. The van der Waals surface area contributed by atoms with E-state index in [0.717, 1.165) is 12.8 Å².